The first-order valence-electron chi connectivity index (χ1n) is 10.6. The van der Waals surface area contributed by atoms with Gasteiger partial charge in [0, 0.05) is 5.56 Å². The Hall–Kier alpha value is -4.19. The molecule has 0 fully saturated rings. The van der Waals surface area contributed by atoms with Gasteiger partial charge in [-0.1, -0.05) is 60.7 Å². The molecule has 0 saturated carbocycles. The second kappa shape index (κ2) is 10.4. The van der Waals surface area contributed by atoms with E-state index in [2.05, 4.69) is 4.98 Å². The molecule has 0 spiro atoms. The van der Waals surface area contributed by atoms with Crippen LogP contribution in [0.3, 0.4) is 0 Å². The van der Waals surface area contributed by atoms with Gasteiger partial charge in [0.05, 0.1) is 24.8 Å². The monoisotopic (exact) mass is 440 g/mol. The summed E-state index contributed by atoms with van der Waals surface area (Å²) in [6.07, 6.45) is 2.77. The molecule has 0 aliphatic rings. The van der Waals surface area contributed by atoms with Gasteiger partial charge >= 0.3 is 5.97 Å². The standard InChI is InChI=1S/C27H24N2O4/c1-3-32-27(30)25(20-9-5-4-6-10-20)33-26-24(28-22-11-7-8-12-23(22)29-26)18-15-19-13-16-21(31-2)17-14-19/h4-18,25H,3H2,1-2H3/b18-15+/t25-/m1/s1. The molecule has 33 heavy (non-hydrogen) atoms. The molecule has 4 aromatic rings. The minimum absolute atomic E-state index is 0.249. The number of carbonyl (C=O) groups is 1. The number of rotatable bonds is 8. The zero-order chi connectivity index (χ0) is 23.0. The molecule has 166 valence electrons. The lowest BCUT2D eigenvalue weighted by molar-refractivity contribution is -0.151. The highest BCUT2D eigenvalue weighted by atomic mass is 16.6. The molecule has 0 aliphatic heterocycles. The van der Waals surface area contributed by atoms with Crippen LogP contribution in [0.25, 0.3) is 23.2 Å². The van der Waals surface area contributed by atoms with Crippen LogP contribution >= 0.6 is 0 Å². The van der Waals surface area contributed by atoms with Crippen LogP contribution in [-0.2, 0) is 9.53 Å². The first kappa shape index (κ1) is 22.0. The van der Waals surface area contributed by atoms with Crippen LogP contribution < -0.4 is 9.47 Å². The fourth-order valence-electron chi connectivity index (χ4n) is 3.29. The van der Waals surface area contributed by atoms with Crippen LogP contribution in [0.1, 0.15) is 29.8 Å². The summed E-state index contributed by atoms with van der Waals surface area (Å²) in [5, 5.41) is 0. The lowest BCUT2D eigenvalue weighted by atomic mass is 10.1. The first-order chi connectivity index (χ1) is 16.2. The van der Waals surface area contributed by atoms with E-state index in [0.717, 1.165) is 16.8 Å². The number of esters is 1. The summed E-state index contributed by atoms with van der Waals surface area (Å²) in [5.41, 5.74) is 3.55. The summed E-state index contributed by atoms with van der Waals surface area (Å²) in [6.45, 7) is 2.01. The van der Waals surface area contributed by atoms with Gasteiger partial charge in [-0.05, 0) is 42.8 Å². The van der Waals surface area contributed by atoms with Crippen molar-refractivity contribution in [2.24, 2.45) is 0 Å². The molecule has 0 unspecified atom stereocenters. The zero-order valence-electron chi connectivity index (χ0n) is 18.5. The van der Waals surface area contributed by atoms with E-state index >= 15 is 0 Å². The maximum Gasteiger partial charge on any atom is 0.352 e. The Morgan fingerprint density at radius 1 is 0.879 bits per heavy atom. The molecule has 0 N–H and O–H groups in total. The van der Waals surface area contributed by atoms with Gasteiger partial charge in [0.25, 0.3) is 0 Å². The number of para-hydroxylation sites is 2. The predicted molar refractivity (Wildman–Crippen MR) is 128 cm³/mol. The van der Waals surface area contributed by atoms with E-state index in [-0.39, 0.29) is 12.5 Å². The van der Waals surface area contributed by atoms with Crippen molar-refractivity contribution in [3.05, 3.63) is 95.7 Å². The van der Waals surface area contributed by atoms with Crippen LogP contribution in [0.2, 0.25) is 0 Å². The van der Waals surface area contributed by atoms with Gasteiger partial charge in [-0.3, -0.25) is 0 Å². The summed E-state index contributed by atoms with van der Waals surface area (Å²) in [4.78, 5) is 22.1. The van der Waals surface area contributed by atoms with E-state index in [1.165, 1.54) is 0 Å². The maximum absolute atomic E-state index is 12.7. The summed E-state index contributed by atoms with van der Waals surface area (Å²) < 4.78 is 16.6. The van der Waals surface area contributed by atoms with E-state index in [0.29, 0.717) is 16.8 Å². The number of nitrogens with zero attached hydrogens (tertiary/aromatic N) is 2. The second-order valence-corrected chi connectivity index (χ2v) is 7.17. The van der Waals surface area contributed by atoms with Crippen molar-refractivity contribution in [1.82, 2.24) is 9.97 Å². The number of methoxy groups -OCH3 is 1. The summed E-state index contributed by atoms with van der Waals surface area (Å²) >= 11 is 0. The van der Waals surface area contributed by atoms with Gasteiger partial charge in [-0.25, -0.2) is 14.8 Å². The molecule has 6 nitrogen and oxygen atoms in total. The van der Waals surface area contributed by atoms with E-state index in [1.54, 1.807) is 14.0 Å². The van der Waals surface area contributed by atoms with Crippen LogP contribution in [-0.4, -0.2) is 29.7 Å². The van der Waals surface area contributed by atoms with E-state index in [4.69, 9.17) is 19.2 Å². The maximum atomic E-state index is 12.7. The Bertz CT molecular complexity index is 1250. The minimum atomic E-state index is -0.963. The highest BCUT2D eigenvalue weighted by molar-refractivity contribution is 5.80. The minimum Gasteiger partial charge on any atom is -0.497 e. The highest BCUT2D eigenvalue weighted by Gasteiger charge is 2.26. The summed E-state index contributed by atoms with van der Waals surface area (Å²) in [6, 6.07) is 24.4. The average molecular weight is 440 g/mol. The molecule has 3 aromatic carbocycles. The molecule has 6 heteroatoms. The van der Waals surface area contributed by atoms with Gasteiger partial charge < -0.3 is 14.2 Å². The molecular formula is C27H24N2O4. The van der Waals surface area contributed by atoms with Gasteiger partial charge in [-0.2, -0.15) is 0 Å². The smallest absolute Gasteiger partial charge is 0.352 e. The number of carbonyl (C=O) groups excluding carboxylic acids is 1. The van der Waals surface area contributed by atoms with E-state index < -0.39 is 12.1 Å². The molecule has 0 aliphatic carbocycles. The Balaban J connectivity index is 1.74. The molecule has 0 bridgehead atoms. The average Bonchev–Trinajstić information content (AvgIpc) is 2.86. The van der Waals surface area contributed by atoms with Gasteiger partial charge in [0.15, 0.2) is 0 Å². The van der Waals surface area contributed by atoms with E-state index in [1.807, 2.05) is 91.0 Å². The van der Waals surface area contributed by atoms with Crippen molar-refractivity contribution < 1.29 is 19.0 Å². The SMILES string of the molecule is CCOC(=O)[C@H](Oc1nc2ccccc2nc1/C=C/c1ccc(OC)cc1)c1ccccc1. The fraction of sp³-hybridized carbons (Fsp3) is 0.148. The molecule has 4 rings (SSSR count). The molecule has 0 saturated heterocycles. The van der Waals surface area contributed by atoms with Crippen molar-refractivity contribution in [3.63, 3.8) is 0 Å². The largest absolute Gasteiger partial charge is 0.497 e. The number of hydrogen-bond donors (Lipinski definition) is 0. The fourth-order valence-corrected chi connectivity index (χ4v) is 3.29. The van der Waals surface area contributed by atoms with Gasteiger partial charge in [-0.15, -0.1) is 0 Å². The molecule has 0 radical (unpaired) electrons. The zero-order valence-corrected chi connectivity index (χ0v) is 18.5. The van der Waals surface area contributed by atoms with Crippen molar-refractivity contribution in [1.29, 1.82) is 0 Å². The third kappa shape index (κ3) is 5.36. The van der Waals surface area contributed by atoms with Crippen molar-refractivity contribution in [2.75, 3.05) is 13.7 Å². The number of ether oxygens (including phenoxy) is 3. The second-order valence-electron chi connectivity index (χ2n) is 7.17. The van der Waals surface area contributed by atoms with Crippen molar-refractivity contribution in [3.8, 4) is 11.6 Å². The molecule has 1 heterocycles. The summed E-state index contributed by atoms with van der Waals surface area (Å²) in [5.74, 6) is 0.547. The molecular weight excluding hydrogens is 416 g/mol. The normalized spacial score (nSPS) is 11.9. The number of benzene rings is 3. The Labute approximate surface area is 192 Å². The van der Waals surface area contributed by atoms with Crippen LogP contribution in [0.4, 0.5) is 0 Å². The molecule has 0 amide bonds. The molecule has 1 atom stereocenters. The third-order valence-corrected chi connectivity index (χ3v) is 4.95. The lowest BCUT2D eigenvalue weighted by Crippen LogP contribution is -2.22. The Kier molecular flexibility index (Phi) is 6.95. The lowest BCUT2D eigenvalue weighted by Gasteiger charge is -2.18. The van der Waals surface area contributed by atoms with Gasteiger partial charge in [0.1, 0.15) is 11.4 Å². The summed E-state index contributed by atoms with van der Waals surface area (Å²) in [7, 11) is 1.63. The Morgan fingerprint density at radius 2 is 1.55 bits per heavy atom. The van der Waals surface area contributed by atoms with Crippen LogP contribution in [0.15, 0.2) is 78.9 Å². The van der Waals surface area contributed by atoms with E-state index in [9.17, 15) is 4.79 Å². The van der Waals surface area contributed by atoms with Crippen molar-refractivity contribution >= 4 is 29.2 Å². The predicted octanol–water partition coefficient (Wildman–Crippen LogP) is 5.49. The van der Waals surface area contributed by atoms with Crippen LogP contribution in [0.5, 0.6) is 11.6 Å². The van der Waals surface area contributed by atoms with Gasteiger partial charge in [0.2, 0.25) is 12.0 Å². The number of hydrogen-bond acceptors (Lipinski definition) is 6. The number of fused-ring (bicyclic) bond motifs is 1. The van der Waals surface area contributed by atoms with Crippen LogP contribution in [0, 0.1) is 0 Å². The molecule has 1 aromatic heterocycles. The quantitative estimate of drug-likeness (QED) is 0.337. The number of aromatic nitrogens is 2. The Morgan fingerprint density at radius 3 is 2.21 bits per heavy atom. The first-order valence-corrected chi connectivity index (χ1v) is 10.6. The van der Waals surface area contributed by atoms with Crippen molar-refractivity contribution in [2.45, 2.75) is 13.0 Å². The highest BCUT2D eigenvalue weighted by Crippen LogP contribution is 2.27. The topological polar surface area (TPSA) is 70.5 Å². The third-order valence-electron chi connectivity index (χ3n) is 4.95.